The zero-order valence-electron chi connectivity index (χ0n) is 8.50. The molecule has 15 heavy (non-hydrogen) atoms. The summed E-state index contributed by atoms with van der Waals surface area (Å²) >= 11 is 6.02. The third kappa shape index (κ3) is 1.52. The summed E-state index contributed by atoms with van der Waals surface area (Å²) in [6.45, 7) is 0.776. The Balaban J connectivity index is 2.05. The quantitative estimate of drug-likeness (QED) is 0.795. The highest BCUT2D eigenvalue weighted by molar-refractivity contribution is 6.30. The lowest BCUT2D eigenvalue weighted by Crippen LogP contribution is -2.34. The number of hydrogen-bond acceptors (Lipinski definition) is 2. The van der Waals surface area contributed by atoms with E-state index in [0.717, 1.165) is 36.6 Å². The molecule has 3 rings (SSSR count). The minimum Gasteiger partial charge on any atom is -0.493 e. The van der Waals surface area contributed by atoms with Crippen LogP contribution in [0.5, 0.6) is 5.75 Å². The molecule has 1 heterocycles. The van der Waals surface area contributed by atoms with Crippen LogP contribution in [0.3, 0.4) is 0 Å². The van der Waals surface area contributed by atoms with Gasteiger partial charge in [-0.25, -0.2) is 0 Å². The summed E-state index contributed by atoms with van der Waals surface area (Å²) in [5.74, 6) is 1.40. The van der Waals surface area contributed by atoms with Gasteiger partial charge in [-0.3, -0.25) is 0 Å². The van der Waals surface area contributed by atoms with Crippen molar-refractivity contribution in [1.29, 1.82) is 0 Å². The van der Waals surface area contributed by atoms with Gasteiger partial charge in [0.2, 0.25) is 0 Å². The first-order valence-electron chi connectivity index (χ1n) is 5.40. The molecule has 0 bridgehead atoms. The molecule has 1 aliphatic heterocycles. The van der Waals surface area contributed by atoms with Gasteiger partial charge in [-0.15, -0.1) is 0 Å². The van der Waals surface area contributed by atoms with Gasteiger partial charge >= 0.3 is 0 Å². The average Bonchev–Trinajstić information content (AvgIpc) is 2.96. The second kappa shape index (κ2) is 3.13. The second-order valence-corrected chi connectivity index (χ2v) is 5.04. The summed E-state index contributed by atoms with van der Waals surface area (Å²) in [4.78, 5) is 0. The Morgan fingerprint density at radius 3 is 2.93 bits per heavy atom. The third-order valence-electron chi connectivity index (χ3n) is 3.53. The molecule has 1 unspecified atom stereocenters. The van der Waals surface area contributed by atoms with E-state index in [1.165, 1.54) is 5.56 Å². The maximum Gasteiger partial charge on any atom is 0.122 e. The van der Waals surface area contributed by atoms with E-state index in [4.69, 9.17) is 22.1 Å². The predicted octanol–water partition coefficient (Wildman–Crippen LogP) is 2.70. The average molecular weight is 224 g/mol. The second-order valence-electron chi connectivity index (χ2n) is 4.61. The minimum atomic E-state index is 0.0171. The SMILES string of the molecule is NC1(C2CCOc3ccc(Cl)cc32)CC1. The molecule has 2 nitrogen and oxygen atoms in total. The molecule has 1 saturated carbocycles. The van der Waals surface area contributed by atoms with Gasteiger partial charge in [0.25, 0.3) is 0 Å². The number of nitrogens with two attached hydrogens (primary N) is 1. The molecule has 0 radical (unpaired) electrons. The van der Waals surface area contributed by atoms with E-state index in [1.54, 1.807) is 0 Å². The topological polar surface area (TPSA) is 35.2 Å². The van der Waals surface area contributed by atoms with Crippen LogP contribution in [0, 0.1) is 0 Å². The van der Waals surface area contributed by atoms with Gasteiger partial charge < -0.3 is 10.5 Å². The molecule has 1 fully saturated rings. The van der Waals surface area contributed by atoms with Crippen molar-refractivity contribution < 1.29 is 4.74 Å². The summed E-state index contributed by atoms with van der Waals surface area (Å²) in [6, 6.07) is 5.84. The first kappa shape index (κ1) is 9.49. The Hall–Kier alpha value is -0.730. The summed E-state index contributed by atoms with van der Waals surface area (Å²) in [7, 11) is 0. The normalized spacial score (nSPS) is 26.7. The van der Waals surface area contributed by atoms with Gasteiger partial charge in [0.15, 0.2) is 0 Å². The molecule has 2 aliphatic rings. The molecular formula is C12H14ClNO. The van der Waals surface area contributed by atoms with Crippen molar-refractivity contribution in [3.05, 3.63) is 28.8 Å². The molecule has 0 amide bonds. The molecule has 80 valence electrons. The molecule has 0 saturated heterocycles. The molecule has 1 aliphatic carbocycles. The van der Waals surface area contributed by atoms with Gasteiger partial charge in [0.05, 0.1) is 6.61 Å². The number of halogens is 1. The highest BCUT2D eigenvalue weighted by atomic mass is 35.5. The lowest BCUT2D eigenvalue weighted by Gasteiger charge is -2.30. The van der Waals surface area contributed by atoms with E-state index in [1.807, 2.05) is 18.2 Å². The monoisotopic (exact) mass is 223 g/mol. The maximum absolute atomic E-state index is 6.29. The van der Waals surface area contributed by atoms with Crippen LogP contribution >= 0.6 is 11.6 Å². The largest absolute Gasteiger partial charge is 0.493 e. The Kier molecular flexibility index (Phi) is 1.98. The van der Waals surface area contributed by atoms with Gasteiger partial charge in [0.1, 0.15) is 5.75 Å². The van der Waals surface area contributed by atoms with Crippen molar-refractivity contribution in [2.75, 3.05) is 6.61 Å². The Morgan fingerprint density at radius 1 is 1.40 bits per heavy atom. The number of hydrogen-bond donors (Lipinski definition) is 1. The van der Waals surface area contributed by atoms with Gasteiger partial charge in [-0.05, 0) is 37.5 Å². The van der Waals surface area contributed by atoms with Crippen LogP contribution in [0.4, 0.5) is 0 Å². The van der Waals surface area contributed by atoms with E-state index in [2.05, 4.69) is 0 Å². The van der Waals surface area contributed by atoms with E-state index in [0.29, 0.717) is 5.92 Å². The summed E-state index contributed by atoms with van der Waals surface area (Å²) < 4.78 is 5.62. The molecule has 0 spiro atoms. The minimum absolute atomic E-state index is 0.0171. The first-order valence-corrected chi connectivity index (χ1v) is 5.78. The van der Waals surface area contributed by atoms with Crippen molar-refractivity contribution in [3.8, 4) is 5.75 Å². The fourth-order valence-corrected chi connectivity index (χ4v) is 2.64. The summed E-state index contributed by atoms with van der Waals surface area (Å²) in [5, 5.41) is 0.772. The number of ether oxygens (including phenoxy) is 1. The Labute approximate surface area is 94.4 Å². The molecule has 3 heteroatoms. The zero-order chi connectivity index (χ0) is 10.5. The fraction of sp³-hybridized carbons (Fsp3) is 0.500. The predicted molar refractivity (Wildman–Crippen MR) is 60.5 cm³/mol. The molecular weight excluding hydrogens is 210 g/mol. The van der Waals surface area contributed by atoms with Crippen molar-refractivity contribution in [1.82, 2.24) is 0 Å². The standard InChI is InChI=1S/C12H14ClNO/c13-8-1-2-11-9(7-8)10(3-6-15-11)12(14)4-5-12/h1-2,7,10H,3-6,14H2. The highest BCUT2D eigenvalue weighted by Crippen LogP contribution is 2.50. The van der Waals surface area contributed by atoms with Crippen LogP contribution in [0.2, 0.25) is 5.02 Å². The molecule has 1 aromatic rings. The van der Waals surface area contributed by atoms with Gasteiger partial charge in [-0.2, -0.15) is 0 Å². The van der Waals surface area contributed by atoms with Crippen molar-refractivity contribution >= 4 is 11.6 Å². The van der Waals surface area contributed by atoms with Crippen LogP contribution in [-0.4, -0.2) is 12.1 Å². The number of fused-ring (bicyclic) bond motifs is 1. The third-order valence-corrected chi connectivity index (χ3v) is 3.77. The van der Waals surface area contributed by atoms with E-state index in [9.17, 15) is 0 Å². The van der Waals surface area contributed by atoms with Crippen molar-refractivity contribution in [2.24, 2.45) is 5.73 Å². The summed E-state index contributed by atoms with van der Waals surface area (Å²) in [6.07, 6.45) is 3.27. The zero-order valence-corrected chi connectivity index (χ0v) is 9.26. The smallest absolute Gasteiger partial charge is 0.122 e. The molecule has 0 aromatic heterocycles. The maximum atomic E-state index is 6.29. The summed E-state index contributed by atoms with van der Waals surface area (Å²) in [5.41, 5.74) is 7.51. The Morgan fingerprint density at radius 2 is 2.20 bits per heavy atom. The van der Waals surface area contributed by atoms with Gasteiger partial charge in [-0.1, -0.05) is 11.6 Å². The Bertz CT molecular complexity index is 401. The fourth-order valence-electron chi connectivity index (χ4n) is 2.46. The van der Waals surface area contributed by atoms with Crippen LogP contribution in [-0.2, 0) is 0 Å². The van der Waals surface area contributed by atoms with E-state index in [-0.39, 0.29) is 5.54 Å². The van der Waals surface area contributed by atoms with Crippen molar-refractivity contribution in [3.63, 3.8) is 0 Å². The van der Waals surface area contributed by atoms with Gasteiger partial charge in [0, 0.05) is 22.0 Å². The molecule has 1 atom stereocenters. The van der Waals surface area contributed by atoms with Crippen LogP contribution in [0.25, 0.3) is 0 Å². The van der Waals surface area contributed by atoms with Crippen molar-refractivity contribution in [2.45, 2.75) is 30.7 Å². The van der Waals surface area contributed by atoms with Crippen LogP contribution in [0.15, 0.2) is 18.2 Å². The molecule has 1 aromatic carbocycles. The van der Waals surface area contributed by atoms with Crippen LogP contribution < -0.4 is 10.5 Å². The first-order chi connectivity index (χ1) is 7.19. The van der Waals surface area contributed by atoms with E-state index >= 15 is 0 Å². The van der Waals surface area contributed by atoms with E-state index < -0.39 is 0 Å². The van der Waals surface area contributed by atoms with Crippen LogP contribution in [0.1, 0.15) is 30.7 Å². The lowest BCUT2D eigenvalue weighted by molar-refractivity contribution is 0.251. The lowest BCUT2D eigenvalue weighted by atomic mass is 9.85. The number of rotatable bonds is 1. The number of benzene rings is 1. The highest BCUT2D eigenvalue weighted by Gasteiger charge is 2.47. The molecule has 2 N–H and O–H groups in total.